The lowest BCUT2D eigenvalue weighted by molar-refractivity contribution is 0.415. The third kappa shape index (κ3) is 2.35. The Morgan fingerprint density at radius 1 is 0.667 bits per heavy atom. The zero-order valence-electron chi connectivity index (χ0n) is 13.6. The van der Waals surface area contributed by atoms with Gasteiger partial charge in [0.25, 0.3) is 0 Å². The molecule has 0 aliphatic rings. The van der Waals surface area contributed by atoms with Crippen molar-refractivity contribution in [2.24, 2.45) is 0 Å². The van der Waals surface area contributed by atoms with Crippen LogP contribution < -0.4 is 9.47 Å². The van der Waals surface area contributed by atoms with Crippen LogP contribution in [0.5, 0.6) is 11.5 Å². The first kappa shape index (κ1) is 14.5. The molecule has 0 unspecified atom stereocenters. The summed E-state index contributed by atoms with van der Waals surface area (Å²) < 4.78 is 10.6. The van der Waals surface area contributed by atoms with Crippen molar-refractivity contribution in [3.05, 3.63) is 66.7 Å². The molecule has 0 N–H and O–H groups in total. The van der Waals surface area contributed by atoms with Gasteiger partial charge in [0.05, 0.1) is 25.4 Å². The van der Waals surface area contributed by atoms with Crippen LogP contribution in [0, 0.1) is 0 Å². The van der Waals surface area contributed by atoms with E-state index in [0.29, 0.717) is 0 Å². The van der Waals surface area contributed by atoms with Gasteiger partial charge in [-0.05, 0) is 41.8 Å². The summed E-state index contributed by atoms with van der Waals surface area (Å²) in [4.78, 5) is 4.92. The number of nitrogens with zero attached hydrogens (tertiary/aromatic N) is 1. The van der Waals surface area contributed by atoms with Gasteiger partial charge in [0, 0.05) is 22.4 Å². The second kappa shape index (κ2) is 5.85. The van der Waals surface area contributed by atoms with E-state index in [9.17, 15) is 0 Å². The first-order valence-electron chi connectivity index (χ1n) is 7.81. The molecule has 4 rings (SSSR count). The van der Waals surface area contributed by atoms with Crippen LogP contribution in [-0.2, 0) is 0 Å². The molecule has 0 atom stereocenters. The van der Waals surface area contributed by atoms with Crippen LogP contribution in [0.2, 0.25) is 0 Å². The molecule has 0 aliphatic carbocycles. The molecule has 118 valence electrons. The van der Waals surface area contributed by atoms with Crippen molar-refractivity contribution in [2.75, 3.05) is 14.2 Å². The molecule has 0 fully saturated rings. The van der Waals surface area contributed by atoms with Crippen LogP contribution in [0.4, 0.5) is 0 Å². The highest BCUT2D eigenvalue weighted by atomic mass is 16.5. The average molecular weight is 315 g/mol. The minimum Gasteiger partial charge on any atom is -0.497 e. The molecule has 3 aromatic carbocycles. The molecule has 0 saturated carbocycles. The fourth-order valence-corrected chi connectivity index (χ4v) is 3.03. The maximum absolute atomic E-state index is 5.35. The second-order valence-electron chi connectivity index (χ2n) is 5.62. The van der Waals surface area contributed by atoms with Crippen LogP contribution in [0.3, 0.4) is 0 Å². The van der Waals surface area contributed by atoms with Crippen molar-refractivity contribution in [2.45, 2.75) is 0 Å². The van der Waals surface area contributed by atoms with Crippen LogP contribution in [-0.4, -0.2) is 19.2 Å². The summed E-state index contributed by atoms with van der Waals surface area (Å²) in [5, 5.41) is 3.46. The van der Waals surface area contributed by atoms with Gasteiger partial charge in [0.1, 0.15) is 11.5 Å². The molecule has 0 bridgehead atoms. The SMILES string of the molecule is COc1ccc(-c2nc3cc(OC)ccc3c3ccccc23)cc1. The van der Waals surface area contributed by atoms with Gasteiger partial charge in [0.2, 0.25) is 0 Å². The Balaban J connectivity index is 2.04. The Labute approximate surface area is 140 Å². The number of methoxy groups -OCH3 is 2. The van der Waals surface area contributed by atoms with Gasteiger partial charge < -0.3 is 9.47 Å². The van der Waals surface area contributed by atoms with Crippen molar-refractivity contribution in [1.29, 1.82) is 0 Å². The number of ether oxygens (including phenoxy) is 2. The standard InChI is InChI=1S/C21H17NO2/c1-23-15-9-7-14(8-10-15)21-19-6-4-3-5-17(19)18-12-11-16(24-2)13-20(18)22-21/h3-13H,1-2H3. The highest BCUT2D eigenvalue weighted by molar-refractivity contribution is 6.11. The van der Waals surface area contributed by atoms with Crippen molar-refractivity contribution < 1.29 is 9.47 Å². The van der Waals surface area contributed by atoms with Gasteiger partial charge in [-0.25, -0.2) is 4.98 Å². The number of benzene rings is 3. The number of pyridine rings is 1. The van der Waals surface area contributed by atoms with E-state index < -0.39 is 0 Å². The Kier molecular flexibility index (Phi) is 3.54. The summed E-state index contributed by atoms with van der Waals surface area (Å²) in [6.45, 7) is 0. The van der Waals surface area contributed by atoms with E-state index in [-0.39, 0.29) is 0 Å². The Morgan fingerprint density at radius 2 is 1.33 bits per heavy atom. The summed E-state index contributed by atoms with van der Waals surface area (Å²) in [6, 6.07) is 22.4. The fourth-order valence-electron chi connectivity index (χ4n) is 3.03. The molecule has 0 radical (unpaired) electrons. The Bertz CT molecular complexity index is 1020. The van der Waals surface area contributed by atoms with Crippen molar-refractivity contribution in [1.82, 2.24) is 4.98 Å². The van der Waals surface area contributed by atoms with E-state index in [4.69, 9.17) is 14.5 Å². The predicted octanol–water partition coefficient (Wildman–Crippen LogP) is 5.07. The first-order valence-corrected chi connectivity index (χ1v) is 7.81. The normalized spacial score (nSPS) is 10.9. The quantitative estimate of drug-likeness (QED) is 0.494. The van der Waals surface area contributed by atoms with Gasteiger partial charge in [-0.3, -0.25) is 0 Å². The summed E-state index contributed by atoms with van der Waals surface area (Å²) in [6.07, 6.45) is 0. The molecule has 0 spiro atoms. The molecule has 0 amide bonds. The molecular formula is C21H17NO2. The van der Waals surface area contributed by atoms with Crippen molar-refractivity contribution >= 4 is 21.7 Å². The maximum Gasteiger partial charge on any atom is 0.121 e. The van der Waals surface area contributed by atoms with E-state index in [0.717, 1.165) is 39.0 Å². The van der Waals surface area contributed by atoms with E-state index in [1.165, 1.54) is 5.39 Å². The average Bonchev–Trinajstić information content (AvgIpc) is 2.67. The van der Waals surface area contributed by atoms with Crippen LogP contribution >= 0.6 is 0 Å². The summed E-state index contributed by atoms with van der Waals surface area (Å²) in [5.41, 5.74) is 2.96. The lowest BCUT2D eigenvalue weighted by atomic mass is 10.00. The summed E-state index contributed by atoms with van der Waals surface area (Å²) in [7, 11) is 3.34. The maximum atomic E-state index is 5.35. The summed E-state index contributed by atoms with van der Waals surface area (Å²) >= 11 is 0. The third-order valence-electron chi connectivity index (χ3n) is 4.27. The molecule has 3 nitrogen and oxygen atoms in total. The molecule has 24 heavy (non-hydrogen) atoms. The lowest BCUT2D eigenvalue weighted by Crippen LogP contribution is -1.91. The summed E-state index contributed by atoms with van der Waals surface area (Å²) in [5.74, 6) is 1.65. The monoisotopic (exact) mass is 315 g/mol. The number of fused-ring (bicyclic) bond motifs is 3. The van der Waals surface area contributed by atoms with E-state index in [1.54, 1.807) is 14.2 Å². The smallest absolute Gasteiger partial charge is 0.121 e. The highest BCUT2D eigenvalue weighted by Crippen LogP contribution is 2.34. The fraction of sp³-hybridized carbons (Fsp3) is 0.0952. The first-order chi connectivity index (χ1) is 11.8. The molecule has 3 heteroatoms. The predicted molar refractivity (Wildman–Crippen MR) is 97.8 cm³/mol. The topological polar surface area (TPSA) is 31.4 Å². The minimum absolute atomic E-state index is 0.811. The van der Waals surface area contributed by atoms with E-state index >= 15 is 0 Å². The van der Waals surface area contributed by atoms with Gasteiger partial charge >= 0.3 is 0 Å². The Hall–Kier alpha value is -3.07. The van der Waals surface area contributed by atoms with Crippen LogP contribution in [0.25, 0.3) is 32.9 Å². The van der Waals surface area contributed by atoms with E-state index in [1.807, 2.05) is 42.5 Å². The van der Waals surface area contributed by atoms with Gasteiger partial charge in [-0.2, -0.15) is 0 Å². The molecule has 1 heterocycles. The number of rotatable bonds is 3. The zero-order valence-corrected chi connectivity index (χ0v) is 13.6. The number of hydrogen-bond acceptors (Lipinski definition) is 3. The van der Waals surface area contributed by atoms with Crippen LogP contribution in [0.1, 0.15) is 0 Å². The zero-order chi connectivity index (χ0) is 16.5. The van der Waals surface area contributed by atoms with E-state index in [2.05, 4.69) is 24.3 Å². The molecular weight excluding hydrogens is 298 g/mol. The molecule has 4 aromatic rings. The lowest BCUT2D eigenvalue weighted by Gasteiger charge is -2.11. The minimum atomic E-state index is 0.811. The Morgan fingerprint density at radius 3 is 2.04 bits per heavy atom. The van der Waals surface area contributed by atoms with Gasteiger partial charge in [-0.1, -0.05) is 24.3 Å². The molecule has 0 aliphatic heterocycles. The molecule has 1 aromatic heterocycles. The largest absolute Gasteiger partial charge is 0.497 e. The van der Waals surface area contributed by atoms with Gasteiger partial charge in [0.15, 0.2) is 0 Å². The number of hydrogen-bond donors (Lipinski definition) is 0. The highest BCUT2D eigenvalue weighted by Gasteiger charge is 2.10. The van der Waals surface area contributed by atoms with Crippen LogP contribution in [0.15, 0.2) is 66.7 Å². The third-order valence-corrected chi connectivity index (χ3v) is 4.27. The number of aromatic nitrogens is 1. The van der Waals surface area contributed by atoms with Crippen molar-refractivity contribution in [3.63, 3.8) is 0 Å². The van der Waals surface area contributed by atoms with Crippen molar-refractivity contribution in [3.8, 4) is 22.8 Å². The second-order valence-corrected chi connectivity index (χ2v) is 5.62. The van der Waals surface area contributed by atoms with Gasteiger partial charge in [-0.15, -0.1) is 0 Å². The molecule has 0 saturated heterocycles.